The molecule has 2 aromatic rings. The van der Waals surface area contributed by atoms with Gasteiger partial charge in [0.1, 0.15) is 12.0 Å². The van der Waals surface area contributed by atoms with Crippen LogP contribution in [0.25, 0.3) is 11.3 Å². The van der Waals surface area contributed by atoms with Gasteiger partial charge < -0.3 is 20.6 Å². The Morgan fingerprint density at radius 1 is 1.17 bits per heavy atom. The van der Waals surface area contributed by atoms with E-state index >= 15 is 0 Å². The summed E-state index contributed by atoms with van der Waals surface area (Å²) in [7, 11) is 4.05. The number of rotatable bonds is 9. The molecule has 2 heterocycles. The number of aliphatic hydroxyl groups is 1. The Bertz CT molecular complexity index is 793. The van der Waals surface area contributed by atoms with Gasteiger partial charge in [-0.2, -0.15) is 4.98 Å². The quantitative estimate of drug-likeness (QED) is 0.577. The Kier molecular flexibility index (Phi) is 7.93. The number of hydrogen-bond donors (Lipinski definition) is 3. The van der Waals surface area contributed by atoms with Gasteiger partial charge in [0.25, 0.3) is 0 Å². The van der Waals surface area contributed by atoms with E-state index in [9.17, 15) is 9.50 Å². The minimum absolute atomic E-state index is 0.183. The topological polar surface area (TPSA) is 86.2 Å². The van der Waals surface area contributed by atoms with Crippen LogP contribution in [0.2, 0.25) is 0 Å². The molecule has 8 heteroatoms. The molecule has 1 atom stereocenters. The second-order valence-corrected chi connectivity index (χ2v) is 8.28. The van der Waals surface area contributed by atoms with Crippen LogP contribution in [-0.2, 0) is 6.54 Å². The van der Waals surface area contributed by atoms with E-state index in [0.717, 1.165) is 49.0 Å². The Morgan fingerprint density at radius 2 is 1.93 bits per heavy atom. The highest BCUT2D eigenvalue weighted by atomic mass is 19.1. The lowest BCUT2D eigenvalue weighted by Crippen LogP contribution is -2.29. The zero-order valence-corrected chi connectivity index (χ0v) is 18.1. The zero-order valence-electron chi connectivity index (χ0n) is 18.1. The summed E-state index contributed by atoms with van der Waals surface area (Å²) in [6.45, 7) is 2.82. The maximum atomic E-state index is 13.6. The number of pyridine rings is 1. The van der Waals surface area contributed by atoms with Crippen molar-refractivity contribution in [3.63, 3.8) is 0 Å². The number of hydrogen-bond acceptors (Lipinski definition) is 7. The van der Waals surface area contributed by atoms with Crippen LogP contribution >= 0.6 is 0 Å². The second-order valence-electron chi connectivity index (χ2n) is 8.28. The highest BCUT2D eigenvalue weighted by Gasteiger charge is 2.21. The van der Waals surface area contributed by atoms with Crippen molar-refractivity contribution in [2.75, 3.05) is 31.3 Å². The zero-order chi connectivity index (χ0) is 21.5. The molecule has 164 valence electrons. The number of nitrogens with one attached hydrogen (secondary N) is 2. The van der Waals surface area contributed by atoms with Crippen molar-refractivity contribution < 1.29 is 9.50 Å². The van der Waals surface area contributed by atoms with Gasteiger partial charge in [-0.25, -0.2) is 9.37 Å². The molecule has 30 heavy (non-hydrogen) atoms. The fourth-order valence-electron chi connectivity index (χ4n) is 3.57. The van der Waals surface area contributed by atoms with Gasteiger partial charge in [0, 0.05) is 31.5 Å². The van der Waals surface area contributed by atoms with Gasteiger partial charge in [0.2, 0.25) is 5.95 Å². The smallest absolute Gasteiger partial charge is 0.224 e. The molecular formula is C22H33FN6O. The Hall–Kier alpha value is -2.32. The molecule has 0 aliphatic heterocycles. The van der Waals surface area contributed by atoms with Gasteiger partial charge in [-0.15, -0.1) is 0 Å². The molecule has 0 spiro atoms. The maximum Gasteiger partial charge on any atom is 0.224 e. The Labute approximate surface area is 178 Å². The number of aromatic nitrogens is 3. The molecule has 0 saturated heterocycles. The van der Waals surface area contributed by atoms with E-state index in [4.69, 9.17) is 0 Å². The first kappa shape index (κ1) is 22.4. The monoisotopic (exact) mass is 416 g/mol. The van der Waals surface area contributed by atoms with Crippen LogP contribution in [0.3, 0.4) is 0 Å². The highest BCUT2D eigenvalue weighted by Crippen LogP contribution is 2.29. The average Bonchev–Trinajstić information content (AvgIpc) is 2.74. The maximum absolute atomic E-state index is 13.6. The van der Waals surface area contributed by atoms with Crippen LogP contribution in [-0.4, -0.2) is 63.9 Å². The normalized spacial score (nSPS) is 20.2. The molecular weight excluding hydrogens is 383 g/mol. The summed E-state index contributed by atoms with van der Waals surface area (Å²) in [5, 5.41) is 16.3. The third-order valence-corrected chi connectivity index (χ3v) is 5.35. The number of nitrogens with zero attached hydrogens (tertiary/aromatic N) is 4. The van der Waals surface area contributed by atoms with Crippen molar-refractivity contribution in [3.8, 4) is 11.3 Å². The molecule has 1 aliphatic carbocycles. The summed E-state index contributed by atoms with van der Waals surface area (Å²) >= 11 is 0. The summed E-state index contributed by atoms with van der Waals surface area (Å²) in [5.74, 6) is 1.09. The Balaban J connectivity index is 1.82. The minimum atomic E-state index is -0.935. The van der Waals surface area contributed by atoms with Crippen molar-refractivity contribution in [1.82, 2.24) is 19.9 Å². The summed E-state index contributed by atoms with van der Waals surface area (Å²) in [6.07, 6.45) is 6.22. The standard InChI is InChI=1S/C22H33FN6O/c1-4-16(23)12-25-22-26-13-19(20-10-5-15(11-24-20)14-29(2)3)21(28-22)27-17-6-8-18(30)9-7-17/h5,10-11,13,16-18,30H,4,6-9,12,14H2,1-3H3,(H2,25,26,27,28)/t16-,17?,18?/m0/s1. The van der Waals surface area contributed by atoms with E-state index < -0.39 is 6.17 Å². The molecule has 2 aromatic heterocycles. The summed E-state index contributed by atoms with van der Waals surface area (Å²) in [6, 6.07) is 4.27. The first-order valence-corrected chi connectivity index (χ1v) is 10.7. The molecule has 3 rings (SSSR count). The molecule has 0 aromatic carbocycles. The largest absolute Gasteiger partial charge is 0.393 e. The van der Waals surface area contributed by atoms with Crippen LogP contribution in [0.4, 0.5) is 16.2 Å². The van der Waals surface area contributed by atoms with Crippen molar-refractivity contribution >= 4 is 11.8 Å². The van der Waals surface area contributed by atoms with Gasteiger partial charge in [0.15, 0.2) is 0 Å². The fraction of sp³-hybridized carbons (Fsp3) is 0.591. The number of aliphatic hydroxyl groups excluding tert-OH is 1. The van der Waals surface area contributed by atoms with Crippen LogP contribution in [0.15, 0.2) is 24.5 Å². The van der Waals surface area contributed by atoms with E-state index in [0.29, 0.717) is 18.2 Å². The summed E-state index contributed by atoms with van der Waals surface area (Å²) in [4.78, 5) is 15.7. The van der Waals surface area contributed by atoms with E-state index in [2.05, 4.69) is 36.6 Å². The first-order valence-electron chi connectivity index (χ1n) is 10.7. The van der Waals surface area contributed by atoms with Gasteiger partial charge in [-0.3, -0.25) is 4.98 Å². The van der Waals surface area contributed by atoms with Crippen molar-refractivity contribution in [2.24, 2.45) is 0 Å². The van der Waals surface area contributed by atoms with E-state index in [-0.39, 0.29) is 18.7 Å². The number of alkyl halides is 1. The van der Waals surface area contributed by atoms with Crippen LogP contribution in [0, 0.1) is 0 Å². The average molecular weight is 417 g/mol. The molecule has 0 radical (unpaired) electrons. The number of anilines is 2. The van der Waals surface area contributed by atoms with Crippen molar-refractivity contribution in [1.29, 1.82) is 0 Å². The molecule has 1 fully saturated rings. The second kappa shape index (κ2) is 10.6. The number of halogens is 1. The SMILES string of the molecule is CC[C@H](F)CNc1ncc(-c2ccc(CN(C)C)cn2)c(NC2CCC(O)CC2)n1. The fourth-order valence-corrected chi connectivity index (χ4v) is 3.57. The molecule has 7 nitrogen and oxygen atoms in total. The molecule has 1 aliphatic rings. The van der Waals surface area contributed by atoms with E-state index in [1.54, 1.807) is 6.20 Å². The third kappa shape index (κ3) is 6.34. The first-order chi connectivity index (χ1) is 14.4. The lowest BCUT2D eigenvalue weighted by atomic mass is 9.93. The predicted octanol–water partition coefficient (Wildman–Crippen LogP) is 3.48. The molecule has 0 bridgehead atoms. The van der Waals surface area contributed by atoms with E-state index in [1.807, 2.05) is 33.3 Å². The lowest BCUT2D eigenvalue weighted by Gasteiger charge is -2.27. The van der Waals surface area contributed by atoms with Crippen LogP contribution < -0.4 is 10.6 Å². The highest BCUT2D eigenvalue weighted by molar-refractivity contribution is 5.73. The van der Waals surface area contributed by atoms with Gasteiger partial charge in [-0.05, 0) is 57.8 Å². The predicted molar refractivity (Wildman–Crippen MR) is 118 cm³/mol. The van der Waals surface area contributed by atoms with Crippen molar-refractivity contribution in [2.45, 2.75) is 63.9 Å². The van der Waals surface area contributed by atoms with Gasteiger partial charge in [-0.1, -0.05) is 13.0 Å². The van der Waals surface area contributed by atoms with Crippen LogP contribution in [0.1, 0.15) is 44.6 Å². The molecule has 0 unspecified atom stereocenters. The molecule has 3 N–H and O–H groups in total. The minimum Gasteiger partial charge on any atom is -0.393 e. The lowest BCUT2D eigenvalue weighted by molar-refractivity contribution is 0.126. The molecule has 0 amide bonds. The van der Waals surface area contributed by atoms with E-state index in [1.165, 1.54) is 0 Å². The van der Waals surface area contributed by atoms with Crippen LogP contribution in [0.5, 0.6) is 0 Å². The molecule has 1 saturated carbocycles. The summed E-state index contributed by atoms with van der Waals surface area (Å²) in [5.41, 5.74) is 2.74. The van der Waals surface area contributed by atoms with Gasteiger partial charge >= 0.3 is 0 Å². The van der Waals surface area contributed by atoms with Crippen molar-refractivity contribution in [3.05, 3.63) is 30.1 Å². The van der Waals surface area contributed by atoms with Gasteiger partial charge in [0.05, 0.1) is 17.4 Å². The Morgan fingerprint density at radius 3 is 2.57 bits per heavy atom. The third-order valence-electron chi connectivity index (χ3n) is 5.35. The summed E-state index contributed by atoms with van der Waals surface area (Å²) < 4.78 is 13.6.